The van der Waals surface area contributed by atoms with Gasteiger partial charge in [-0.2, -0.15) is 5.26 Å². The van der Waals surface area contributed by atoms with E-state index in [1.165, 1.54) is 13.8 Å². The summed E-state index contributed by atoms with van der Waals surface area (Å²) >= 11 is 0. The maximum absolute atomic E-state index is 11.4. The van der Waals surface area contributed by atoms with Crippen molar-refractivity contribution in [1.82, 2.24) is 0 Å². The lowest BCUT2D eigenvalue weighted by Gasteiger charge is -2.13. The number of rotatable bonds is 4. The summed E-state index contributed by atoms with van der Waals surface area (Å²) in [6, 6.07) is 3.71. The first kappa shape index (κ1) is 15.2. The van der Waals surface area contributed by atoms with Crippen LogP contribution >= 0.6 is 10.7 Å². The van der Waals surface area contributed by atoms with Crippen molar-refractivity contribution >= 4 is 25.4 Å². The van der Waals surface area contributed by atoms with Gasteiger partial charge in [0, 0.05) is 22.8 Å². The number of aryl methyl sites for hydroxylation is 1. The first-order valence-electron chi connectivity index (χ1n) is 4.96. The molecule has 0 heterocycles. The summed E-state index contributed by atoms with van der Waals surface area (Å²) in [7, 11) is 0.993. The van der Waals surface area contributed by atoms with E-state index in [0.29, 0.717) is 0 Å². The highest BCUT2D eigenvalue weighted by molar-refractivity contribution is 8.13. The molecule has 0 saturated heterocycles. The van der Waals surface area contributed by atoms with Crippen LogP contribution in [-0.4, -0.2) is 19.4 Å². The van der Waals surface area contributed by atoms with Gasteiger partial charge in [0.15, 0.2) is 6.10 Å². The number of halogens is 1. The van der Waals surface area contributed by atoms with Gasteiger partial charge in [-0.05, 0) is 19.4 Å². The zero-order chi connectivity index (χ0) is 14.8. The molecule has 1 aromatic rings. The highest BCUT2D eigenvalue weighted by Crippen LogP contribution is 2.34. The Morgan fingerprint density at radius 2 is 2.11 bits per heavy atom. The zero-order valence-electron chi connectivity index (χ0n) is 9.95. The number of ether oxygens (including phenoxy) is 1. The molecule has 1 unspecified atom stereocenters. The third-order valence-corrected chi connectivity index (χ3v) is 3.50. The predicted octanol–water partition coefficient (Wildman–Crippen LogP) is 2.12. The van der Waals surface area contributed by atoms with Crippen molar-refractivity contribution in [2.24, 2.45) is 0 Å². The fourth-order valence-corrected chi connectivity index (χ4v) is 2.40. The van der Waals surface area contributed by atoms with Gasteiger partial charge < -0.3 is 4.74 Å². The maximum Gasteiger partial charge on any atom is 0.271 e. The summed E-state index contributed by atoms with van der Waals surface area (Å²) < 4.78 is 28.0. The topological polar surface area (TPSA) is 110 Å². The Morgan fingerprint density at radius 3 is 2.53 bits per heavy atom. The summed E-state index contributed by atoms with van der Waals surface area (Å²) in [5.41, 5.74) is -0.218. The third kappa shape index (κ3) is 3.56. The number of hydrogen-bond acceptors (Lipinski definition) is 6. The van der Waals surface area contributed by atoms with Crippen LogP contribution < -0.4 is 4.74 Å². The Kier molecular flexibility index (Phi) is 4.34. The molecule has 0 aliphatic carbocycles. The van der Waals surface area contributed by atoms with Crippen LogP contribution in [0.15, 0.2) is 17.0 Å². The van der Waals surface area contributed by atoms with Gasteiger partial charge in [0.1, 0.15) is 16.7 Å². The molecule has 0 radical (unpaired) electrons. The summed E-state index contributed by atoms with van der Waals surface area (Å²) in [6.07, 6.45) is -0.919. The van der Waals surface area contributed by atoms with Gasteiger partial charge in [-0.15, -0.1) is 0 Å². The second-order valence-corrected chi connectivity index (χ2v) is 6.21. The van der Waals surface area contributed by atoms with Gasteiger partial charge in [-0.25, -0.2) is 8.42 Å². The Balaban J connectivity index is 3.54. The largest absolute Gasteiger partial charge is 0.474 e. The van der Waals surface area contributed by atoms with E-state index in [1.54, 1.807) is 6.07 Å². The van der Waals surface area contributed by atoms with Crippen molar-refractivity contribution in [2.75, 3.05) is 0 Å². The van der Waals surface area contributed by atoms with Gasteiger partial charge in [-0.1, -0.05) is 0 Å². The van der Waals surface area contributed by atoms with E-state index in [1.807, 2.05) is 0 Å². The molecule has 102 valence electrons. The van der Waals surface area contributed by atoms with Crippen LogP contribution in [0.1, 0.15) is 12.5 Å². The molecular weight excluding hydrogens is 296 g/mol. The van der Waals surface area contributed by atoms with E-state index in [-0.39, 0.29) is 11.3 Å². The van der Waals surface area contributed by atoms with Crippen LogP contribution in [-0.2, 0) is 9.05 Å². The van der Waals surface area contributed by atoms with Gasteiger partial charge in [0.05, 0.1) is 4.92 Å². The number of nitro benzene ring substituents is 1. The van der Waals surface area contributed by atoms with Crippen LogP contribution in [0.5, 0.6) is 5.75 Å². The molecule has 0 fully saturated rings. The summed E-state index contributed by atoms with van der Waals surface area (Å²) in [6.45, 7) is 2.84. The molecule has 0 N–H and O–H groups in total. The summed E-state index contributed by atoms with van der Waals surface area (Å²) in [5.74, 6) is -0.158. The highest BCUT2D eigenvalue weighted by atomic mass is 35.7. The molecule has 0 bridgehead atoms. The van der Waals surface area contributed by atoms with Gasteiger partial charge in [0.2, 0.25) is 0 Å². The van der Waals surface area contributed by atoms with Crippen molar-refractivity contribution < 1.29 is 18.1 Å². The first-order chi connectivity index (χ1) is 8.66. The fraction of sp³-hybridized carbons (Fsp3) is 0.300. The summed E-state index contributed by atoms with van der Waals surface area (Å²) in [4.78, 5) is 9.43. The molecule has 7 nitrogen and oxygen atoms in total. The summed E-state index contributed by atoms with van der Waals surface area (Å²) in [5, 5.41) is 19.4. The molecule has 0 aliphatic rings. The Hall–Kier alpha value is -1.85. The maximum atomic E-state index is 11.4. The SMILES string of the molecule is Cc1cc([N+](=O)[O-])cc(S(=O)(=O)Cl)c1OC(C)C#N. The van der Waals surface area contributed by atoms with E-state index in [2.05, 4.69) is 0 Å². The van der Waals surface area contributed by atoms with Crippen molar-refractivity contribution in [3.63, 3.8) is 0 Å². The normalized spacial score (nSPS) is 12.5. The van der Waals surface area contributed by atoms with Crippen LogP contribution in [0.4, 0.5) is 5.69 Å². The van der Waals surface area contributed by atoms with Crippen molar-refractivity contribution in [3.05, 3.63) is 27.8 Å². The Morgan fingerprint density at radius 1 is 1.53 bits per heavy atom. The predicted molar refractivity (Wildman–Crippen MR) is 66.6 cm³/mol. The van der Waals surface area contributed by atoms with Crippen molar-refractivity contribution in [3.8, 4) is 11.8 Å². The van der Waals surface area contributed by atoms with E-state index in [0.717, 1.165) is 12.1 Å². The number of non-ortho nitro benzene ring substituents is 1. The molecule has 0 aliphatic heterocycles. The minimum absolute atomic E-state index is 0.158. The van der Waals surface area contributed by atoms with Gasteiger partial charge in [-0.3, -0.25) is 10.1 Å². The number of nitro groups is 1. The average molecular weight is 305 g/mol. The number of benzene rings is 1. The van der Waals surface area contributed by atoms with E-state index in [9.17, 15) is 18.5 Å². The molecular formula is C10H9ClN2O5S. The van der Waals surface area contributed by atoms with Gasteiger partial charge in [0.25, 0.3) is 14.7 Å². The lowest BCUT2D eigenvalue weighted by molar-refractivity contribution is -0.385. The average Bonchev–Trinajstić information content (AvgIpc) is 2.29. The van der Waals surface area contributed by atoms with Crippen LogP contribution in [0.3, 0.4) is 0 Å². The lowest BCUT2D eigenvalue weighted by Crippen LogP contribution is -2.12. The number of nitriles is 1. The van der Waals surface area contributed by atoms with E-state index in [4.69, 9.17) is 20.7 Å². The lowest BCUT2D eigenvalue weighted by atomic mass is 10.2. The molecule has 0 saturated carbocycles. The number of hydrogen-bond donors (Lipinski definition) is 0. The second kappa shape index (κ2) is 5.42. The molecule has 1 aromatic carbocycles. The Labute approximate surface area is 113 Å². The standard InChI is InChI=1S/C10H9ClN2O5S/c1-6-3-8(13(14)15)4-9(19(11,16)17)10(6)18-7(2)5-12/h3-4,7H,1-2H3. The van der Waals surface area contributed by atoms with Crippen molar-refractivity contribution in [1.29, 1.82) is 5.26 Å². The van der Waals surface area contributed by atoms with Crippen LogP contribution in [0, 0.1) is 28.4 Å². The highest BCUT2D eigenvalue weighted by Gasteiger charge is 2.25. The monoisotopic (exact) mass is 304 g/mol. The molecule has 0 amide bonds. The van der Waals surface area contributed by atoms with Gasteiger partial charge >= 0.3 is 0 Å². The van der Waals surface area contributed by atoms with Crippen LogP contribution in [0.2, 0.25) is 0 Å². The number of nitrogens with zero attached hydrogens (tertiary/aromatic N) is 2. The molecule has 9 heteroatoms. The molecule has 19 heavy (non-hydrogen) atoms. The minimum Gasteiger partial charge on any atom is -0.474 e. The Bertz CT molecular complexity index is 665. The van der Waals surface area contributed by atoms with Crippen molar-refractivity contribution in [2.45, 2.75) is 24.8 Å². The third-order valence-electron chi connectivity index (χ3n) is 2.18. The second-order valence-electron chi connectivity index (χ2n) is 3.67. The van der Waals surface area contributed by atoms with E-state index < -0.39 is 30.7 Å². The quantitative estimate of drug-likeness (QED) is 0.478. The molecule has 0 aromatic heterocycles. The fourth-order valence-electron chi connectivity index (χ4n) is 1.36. The smallest absolute Gasteiger partial charge is 0.271 e. The minimum atomic E-state index is -4.23. The first-order valence-corrected chi connectivity index (χ1v) is 7.27. The zero-order valence-corrected chi connectivity index (χ0v) is 11.5. The molecule has 1 rings (SSSR count). The molecule has 0 spiro atoms. The van der Waals surface area contributed by atoms with Crippen LogP contribution in [0.25, 0.3) is 0 Å². The molecule has 1 atom stereocenters. The van der Waals surface area contributed by atoms with E-state index >= 15 is 0 Å².